The van der Waals surface area contributed by atoms with Crippen LogP contribution >= 0.6 is 0 Å². The number of aliphatic carboxylic acids is 1. The third kappa shape index (κ3) is 6.58. The summed E-state index contributed by atoms with van der Waals surface area (Å²) in [5.74, 6) is -9.26. The number of aryl methyl sites for hydroxylation is 1. The molecule has 11 heteroatoms. The Kier molecular flexibility index (Phi) is 8.42. The minimum absolute atomic E-state index is 0.0673. The van der Waals surface area contributed by atoms with Crippen LogP contribution in [0.2, 0.25) is 0 Å². The van der Waals surface area contributed by atoms with Crippen LogP contribution in [0.1, 0.15) is 28.8 Å². The topological polar surface area (TPSA) is 121 Å². The summed E-state index contributed by atoms with van der Waals surface area (Å²) in [5, 5.41) is 27.8. The van der Waals surface area contributed by atoms with Gasteiger partial charge in [-0.25, -0.2) is 0 Å². The Labute approximate surface area is 162 Å². The molecule has 3 unspecified atom stereocenters. The molecule has 0 fully saturated rings. The Morgan fingerprint density at radius 3 is 2.07 bits per heavy atom. The first-order valence-electron chi connectivity index (χ1n) is 8.36. The summed E-state index contributed by atoms with van der Waals surface area (Å²) in [5.41, 5.74) is 4.98. The SMILES string of the molecule is NC(C(=O)O)C(O)C(O)C/C=C/CCc1ccc(C(=O)C(F)(F)C(F)(F)F)cc1. The average Bonchev–Trinajstić information content (AvgIpc) is 2.65. The van der Waals surface area contributed by atoms with Gasteiger partial charge in [-0.1, -0.05) is 36.4 Å². The number of carbonyl (C=O) groups is 2. The summed E-state index contributed by atoms with van der Waals surface area (Å²) >= 11 is 0. The second kappa shape index (κ2) is 9.90. The van der Waals surface area contributed by atoms with Crippen molar-refractivity contribution in [1.29, 1.82) is 0 Å². The summed E-state index contributed by atoms with van der Waals surface area (Å²) < 4.78 is 62.8. The molecule has 1 aromatic rings. The maximum atomic E-state index is 13.1. The third-order valence-electron chi connectivity index (χ3n) is 4.05. The number of ketones is 1. The number of rotatable bonds is 10. The highest BCUT2D eigenvalue weighted by atomic mass is 19.4. The van der Waals surface area contributed by atoms with Crippen LogP contribution in [-0.4, -0.2) is 57.4 Å². The van der Waals surface area contributed by atoms with E-state index in [9.17, 15) is 41.8 Å². The number of aliphatic hydroxyl groups excluding tert-OH is 2. The van der Waals surface area contributed by atoms with E-state index in [4.69, 9.17) is 10.8 Å². The van der Waals surface area contributed by atoms with Gasteiger partial charge in [-0.15, -0.1) is 0 Å². The van der Waals surface area contributed by atoms with Gasteiger partial charge >= 0.3 is 18.1 Å². The van der Waals surface area contributed by atoms with Crippen LogP contribution in [0, 0.1) is 0 Å². The quantitative estimate of drug-likeness (QED) is 0.259. The van der Waals surface area contributed by atoms with E-state index in [2.05, 4.69) is 0 Å². The molecule has 1 aromatic carbocycles. The molecule has 29 heavy (non-hydrogen) atoms. The predicted molar refractivity (Wildman–Crippen MR) is 91.5 cm³/mol. The Morgan fingerprint density at radius 2 is 1.59 bits per heavy atom. The number of carboxylic acid groups (broad SMARTS) is 1. The molecular weight excluding hydrogens is 405 g/mol. The highest BCUT2D eigenvalue weighted by Gasteiger charge is 2.63. The lowest BCUT2D eigenvalue weighted by atomic mass is 10.0. The number of aliphatic hydroxyl groups is 2. The van der Waals surface area contributed by atoms with E-state index in [1.165, 1.54) is 18.2 Å². The number of hydrogen-bond acceptors (Lipinski definition) is 5. The van der Waals surface area contributed by atoms with Gasteiger partial charge < -0.3 is 21.1 Å². The first kappa shape index (κ1) is 24.7. The Hall–Kier alpha value is -2.37. The Bertz CT molecular complexity index is 733. The van der Waals surface area contributed by atoms with Gasteiger partial charge in [0, 0.05) is 5.56 Å². The highest BCUT2D eigenvalue weighted by molar-refractivity contribution is 6.01. The zero-order valence-electron chi connectivity index (χ0n) is 14.9. The molecule has 0 heterocycles. The van der Waals surface area contributed by atoms with Gasteiger partial charge in [0.25, 0.3) is 0 Å². The molecule has 6 nitrogen and oxygen atoms in total. The number of benzene rings is 1. The first-order chi connectivity index (χ1) is 13.3. The summed E-state index contributed by atoms with van der Waals surface area (Å²) in [6, 6.07) is 2.63. The fraction of sp³-hybridized carbons (Fsp3) is 0.444. The van der Waals surface area contributed by atoms with Gasteiger partial charge in [0.15, 0.2) is 0 Å². The normalized spacial score (nSPS) is 15.9. The first-order valence-corrected chi connectivity index (χ1v) is 8.36. The van der Waals surface area contributed by atoms with E-state index in [1.54, 1.807) is 6.08 Å². The molecule has 5 N–H and O–H groups in total. The van der Waals surface area contributed by atoms with Gasteiger partial charge in [-0.3, -0.25) is 9.59 Å². The van der Waals surface area contributed by atoms with Crippen molar-refractivity contribution in [2.45, 2.75) is 49.6 Å². The van der Waals surface area contributed by atoms with Crippen LogP contribution in [0.15, 0.2) is 36.4 Å². The molecule has 0 amide bonds. The molecule has 0 aliphatic carbocycles. The van der Waals surface area contributed by atoms with Crippen LogP contribution < -0.4 is 5.73 Å². The second-order valence-corrected chi connectivity index (χ2v) is 6.27. The van der Waals surface area contributed by atoms with Crippen LogP contribution in [0.25, 0.3) is 0 Å². The van der Waals surface area contributed by atoms with Gasteiger partial charge in [0.05, 0.1) is 6.10 Å². The number of carbonyl (C=O) groups excluding carboxylic acids is 1. The van der Waals surface area contributed by atoms with Crippen molar-refractivity contribution in [3.63, 3.8) is 0 Å². The van der Waals surface area contributed by atoms with E-state index in [-0.39, 0.29) is 6.42 Å². The second-order valence-electron chi connectivity index (χ2n) is 6.27. The number of Topliss-reactive ketones (excluding diaryl/α,β-unsaturated/α-hetero) is 1. The van der Waals surface area contributed by atoms with Crippen molar-refractivity contribution in [2.75, 3.05) is 0 Å². The molecule has 0 aliphatic heterocycles. The molecule has 0 radical (unpaired) electrons. The number of alkyl halides is 5. The molecule has 0 spiro atoms. The number of carboxylic acids is 1. The Morgan fingerprint density at radius 1 is 1.03 bits per heavy atom. The largest absolute Gasteiger partial charge is 0.480 e. The monoisotopic (exact) mass is 425 g/mol. The van der Waals surface area contributed by atoms with E-state index >= 15 is 0 Å². The highest BCUT2D eigenvalue weighted by Crippen LogP contribution is 2.37. The summed E-state index contributed by atoms with van der Waals surface area (Å²) in [4.78, 5) is 22.0. The number of allylic oxidation sites excluding steroid dienone is 1. The van der Waals surface area contributed by atoms with Crippen molar-refractivity contribution in [3.05, 3.63) is 47.5 Å². The van der Waals surface area contributed by atoms with E-state index < -0.39 is 47.7 Å². The molecule has 0 aliphatic rings. The van der Waals surface area contributed by atoms with E-state index in [0.717, 1.165) is 12.1 Å². The molecular formula is C18H20F5NO5. The fourth-order valence-corrected chi connectivity index (χ4v) is 2.26. The van der Waals surface area contributed by atoms with Gasteiger partial charge in [0.1, 0.15) is 12.1 Å². The van der Waals surface area contributed by atoms with Crippen LogP contribution in [0.4, 0.5) is 22.0 Å². The van der Waals surface area contributed by atoms with Crippen molar-refractivity contribution < 1.29 is 46.9 Å². The standard InChI is InChI=1S/C18H20F5NO5/c19-17(20,18(21,22)23)15(27)11-8-6-10(7-9-11)4-2-1-3-5-12(25)14(26)13(24)16(28)29/h1,3,6-9,12-14,25-26H,2,4-5,24H2,(H,28,29)/b3-1+. The molecule has 162 valence electrons. The smallest absolute Gasteiger partial charge is 0.461 e. The van der Waals surface area contributed by atoms with Crippen molar-refractivity contribution >= 4 is 11.8 Å². The van der Waals surface area contributed by atoms with Crippen molar-refractivity contribution in [3.8, 4) is 0 Å². The fourth-order valence-electron chi connectivity index (χ4n) is 2.26. The van der Waals surface area contributed by atoms with Gasteiger partial charge in [0.2, 0.25) is 5.78 Å². The molecule has 0 saturated carbocycles. The number of nitrogens with two attached hydrogens (primary N) is 1. The summed E-state index contributed by atoms with van der Waals surface area (Å²) in [7, 11) is 0. The maximum Gasteiger partial charge on any atom is 0.461 e. The predicted octanol–water partition coefficient (Wildman–Crippen LogP) is 2.08. The van der Waals surface area contributed by atoms with E-state index in [1.807, 2.05) is 0 Å². The van der Waals surface area contributed by atoms with Crippen LogP contribution in [0.5, 0.6) is 0 Å². The lowest BCUT2D eigenvalue weighted by Gasteiger charge is -2.19. The average molecular weight is 425 g/mol. The molecule has 0 saturated heterocycles. The number of hydrogen-bond donors (Lipinski definition) is 4. The number of halogens is 5. The van der Waals surface area contributed by atoms with Gasteiger partial charge in [-0.05, 0) is 24.8 Å². The Balaban J connectivity index is 2.56. The van der Waals surface area contributed by atoms with Crippen LogP contribution in [-0.2, 0) is 11.2 Å². The maximum absolute atomic E-state index is 13.1. The van der Waals surface area contributed by atoms with Crippen molar-refractivity contribution in [1.82, 2.24) is 0 Å². The molecule has 0 bridgehead atoms. The third-order valence-corrected chi connectivity index (χ3v) is 4.05. The minimum Gasteiger partial charge on any atom is -0.480 e. The molecule has 3 atom stereocenters. The lowest BCUT2D eigenvalue weighted by Crippen LogP contribution is -2.47. The zero-order valence-corrected chi connectivity index (χ0v) is 14.9. The van der Waals surface area contributed by atoms with Gasteiger partial charge in [-0.2, -0.15) is 22.0 Å². The summed E-state index contributed by atoms with van der Waals surface area (Å²) in [6.45, 7) is 0. The lowest BCUT2D eigenvalue weighted by molar-refractivity contribution is -0.255. The molecule has 0 aromatic heterocycles. The van der Waals surface area contributed by atoms with E-state index in [0.29, 0.717) is 18.4 Å². The zero-order chi connectivity index (χ0) is 22.4. The van der Waals surface area contributed by atoms with Crippen molar-refractivity contribution in [2.24, 2.45) is 5.73 Å². The molecule has 1 rings (SSSR count). The summed E-state index contributed by atoms with van der Waals surface area (Å²) in [6.07, 6.45) is -5.27. The minimum atomic E-state index is -5.97. The van der Waals surface area contributed by atoms with Crippen LogP contribution in [0.3, 0.4) is 0 Å².